The second-order valence-corrected chi connectivity index (χ2v) is 9.38. The standard InChI is InChI=1S/C30H29NO5/c1-17-6-9-21(10-7-17)26-25-27(32)22-15-18(2)14-19(3)28(22)36-29(25)30(33)31(26)13-12-20-8-11-23(34-4)24(16-20)35-5/h6-11,14-16,26H,12-13H2,1-5H3. The summed E-state index contributed by atoms with van der Waals surface area (Å²) >= 11 is 0. The van der Waals surface area contributed by atoms with E-state index in [0.717, 1.165) is 27.8 Å². The molecule has 1 amide bonds. The summed E-state index contributed by atoms with van der Waals surface area (Å²) in [5, 5.41) is 0.512. The molecule has 0 saturated carbocycles. The van der Waals surface area contributed by atoms with Crippen LogP contribution in [0.5, 0.6) is 11.5 Å². The fraction of sp³-hybridized carbons (Fsp3) is 0.267. The molecule has 1 aromatic heterocycles. The molecular formula is C30H29NO5. The molecule has 3 aromatic carbocycles. The van der Waals surface area contributed by atoms with E-state index in [2.05, 4.69) is 0 Å². The van der Waals surface area contributed by atoms with Crippen LogP contribution >= 0.6 is 0 Å². The highest BCUT2D eigenvalue weighted by atomic mass is 16.5. The van der Waals surface area contributed by atoms with Gasteiger partial charge in [0.05, 0.1) is 31.2 Å². The molecule has 0 bridgehead atoms. The minimum atomic E-state index is -0.519. The van der Waals surface area contributed by atoms with Crippen LogP contribution in [0.1, 0.15) is 50.0 Å². The number of ether oxygens (including phenoxy) is 2. The van der Waals surface area contributed by atoms with Crippen molar-refractivity contribution in [2.75, 3.05) is 20.8 Å². The lowest BCUT2D eigenvalue weighted by atomic mass is 9.96. The Morgan fingerprint density at radius 3 is 2.28 bits per heavy atom. The first kappa shape index (κ1) is 23.7. The first-order valence-corrected chi connectivity index (χ1v) is 12.0. The van der Waals surface area contributed by atoms with Gasteiger partial charge in [-0.15, -0.1) is 0 Å². The van der Waals surface area contributed by atoms with Gasteiger partial charge < -0.3 is 18.8 Å². The van der Waals surface area contributed by atoms with Crippen LogP contribution in [-0.4, -0.2) is 31.6 Å². The maximum absolute atomic E-state index is 13.8. The smallest absolute Gasteiger partial charge is 0.290 e. The monoisotopic (exact) mass is 483 g/mol. The Morgan fingerprint density at radius 2 is 1.58 bits per heavy atom. The van der Waals surface area contributed by atoms with E-state index in [1.165, 1.54) is 0 Å². The number of aryl methyl sites for hydroxylation is 3. The van der Waals surface area contributed by atoms with Gasteiger partial charge in [0.2, 0.25) is 5.76 Å². The third-order valence-corrected chi connectivity index (χ3v) is 6.88. The molecule has 2 heterocycles. The lowest BCUT2D eigenvalue weighted by molar-refractivity contribution is 0.0730. The van der Waals surface area contributed by atoms with Gasteiger partial charge in [0.1, 0.15) is 5.58 Å². The lowest BCUT2D eigenvalue weighted by Gasteiger charge is -2.25. The minimum absolute atomic E-state index is 0.136. The van der Waals surface area contributed by atoms with Gasteiger partial charge in [-0.1, -0.05) is 42.0 Å². The quantitative estimate of drug-likeness (QED) is 0.361. The Morgan fingerprint density at radius 1 is 0.861 bits per heavy atom. The van der Waals surface area contributed by atoms with Crippen molar-refractivity contribution in [2.45, 2.75) is 33.2 Å². The molecule has 0 N–H and O–H groups in total. The van der Waals surface area contributed by atoms with Crippen molar-refractivity contribution in [3.8, 4) is 11.5 Å². The van der Waals surface area contributed by atoms with Crippen LogP contribution in [0.3, 0.4) is 0 Å². The van der Waals surface area contributed by atoms with Gasteiger partial charge in [-0.3, -0.25) is 9.59 Å². The predicted molar refractivity (Wildman–Crippen MR) is 139 cm³/mol. The van der Waals surface area contributed by atoms with Crippen molar-refractivity contribution >= 4 is 16.9 Å². The molecule has 1 atom stereocenters. The van der Waals surface area contributed by atoms with Gasteiger partial charge in [0.25, 0.3) is 5.91 Å². The number of nitrogens with zero attached hydrogens (tertiary/aromatic N) is 1. The van der Waals surface area contributed by atoms with Crippen LogP contribution in [-0.2, 0) is 6.42 Å². The lowest BCUT2D eigenvalue weighted by Crippen LogP contribution is -2.31. The van der Waals surface area contributed by atoms with E-state index >= 15 is 0 Å². The molecule has 5 rings (SSSR count). The number of rotatable bonds is 6. The zero-order chi connectivity index (χ0) is 25.6. The number of methoxy groups -OCH3 is 2. The highest BCUT2D eigenvalue weighted by molar-refractivity contribution is 5.99. The number of hydrogen-bond acceptors (Lipinski definition) is 5. The summed E-state index contributed by atoms with van der Waals surface area (Å²) < 4.78 is 17.0. The van der Waals surface area contributed by atoms with Crippen LogP contribution in [0.25, 0.3) is 11.0 Å². The highest BCUT2D eigenvalue weighted by Gasteiger charge is 2.42. The van der Waals surface area contributed by atoms with Crippen LogP contribution in [0.2, 0.25) is 0 Å². The van der Waals surface area contributed by atoms with Crippen molar-refractivity contribution in [3.63, 3.8) is 0 Å². The Kier molecular flexibility index (Phi) is 6.04. The third kappa shape index (κ3) is 3.92. The van der Waals surface area contributed by atoms with E-state index in [-0.39, 0.29) is 17.1 Å². The van der Waals surface area contributed by atoms with Crippen LogP contribution in [0.15, 0.2) is 63.8 Å². The molecule has 0 fully saturated rings. The largest absolute Gasteiger partial charge is 0.493 e. The number of amides is 1. The summed E-state index contributed by atoms with van der Waals surface area (Å²) in [5.74, 6) is 1.15. The molecule has 0 saturated heterocycles. The van der Waals surface area contributed by atoms with Crippen molar-refractivity contribution in [1.82, 2.24) is 4.90 Å². The summed E-state index contributed by atoms with van der Waals surface area (Å²) in [6.45, 7) is 6.28. The number of carbonyl (C=O) groups is 1. The van der Waals surface area contributed by atoms with Crippen molar-refractivity contribution < 1.29 is 18.7 Å². The SMILES string of the molecule is COc1ccc(CCN2C(=O)c3oc4c(C)cc(C)cc4c(=O)c3C2c2ccc(C)cc2)cc1OC. The Labute approximate surface area is 210 Å². The Bertz CT molecular complexity index is 1530. The molecule has 6 nitrogen and oxygen atoms in total. The van der Waals surface area contributed by atoms with E-state index < -0.39 is 6.04 Å². The zero-order valence-electron chi connectivity index (χ0n) is 21.2. The molecular weight excluding hydrogens is 454 g/mol. The maximum Gasteiger partial charge on any atom is 0.290 e. The fourth-order valence-electron chi connectivity index (χ4n) is 5.09. The van der Waals surface area contributed by atoms with E-state index in [9.17, 15) is 9.59 Å². The van der Waals surface area contributed by atoms with E-state index in [1.54, 1.807) is 19.1 Å². The number of benzene rings is 3. The number of hydrogen-bond donors (Lipinski definition) is 0. The Balaban J connectivity index is 1.61. The molecule has 6 heteroatoms. The van der Waals surface area contributed by atoms with E-state index in [4.69, 9.17) is 13.9 Å². The van der Waals surface area contributed by atoms with Gasteiger partial charge in [0.15, 0.2) is 16.9 Å². The molecule has 0 radical (unpaired) electrons. The normalized spacial score (nSPS) is 14.9. The van der Waals surface area contributed by atoms with E-state index in [0.29, 0.717) is 41.0 Å². The van der Waals surface area contributed by atoms with Gasteiger partial charge >= 0.3 is 0 Å². The van der Waals surface area contributed by atoms with Gasteiger partial charge in [0, 0.05) is 6.54 Å². The van der Waals surface area contributed by atoms with Gasteiger partial charge in [-0.05, 0) is 67.6 Å². The summed E-state index contributed by atoms with van der Waals surface area (Å²) in [4.78, 5) is 29.3. The van der Waals surface area contributed by atoms with Crippen LogP contribution in [0, 0.1) is 20.8 Å². The first-order chi connectivity index (χ1) is 17.3. The molecule has 1 aliphatic rings. The number of carbonyl (C=O) groups excluding carboxylic acids is 1. The third-order valence-electron chi connectivity index (χ3n) is 6.88. The summed E-state index contributed by atoms with van der Waals surface area (Å²) in [7, 11) is 3.20. The van der Waals surface area contributed by atoms with E-state index in [1.807, 2.05) is 75.4 Å². The van der Waals surface area contributed by atoms with Gasteiger partial charge in [-0.2, -0.15) is 0 Å². The predicted octanol–water partition coefficient (Wildman–Crippen LogP) is 5.52. The van der Waals surface area contributed by atoms with Crippen LogP contribution in [0.4, 0.5) is 0 Å². The van der Waals surface area contributed by atoms with Crippen LogP contribution < -0.4 is 14.9 Å². The molecule has 1 aliphatic heterocycles. The maximum atomic E-state index is 13.8. The summed E-state index contributed by atoms with van der Waals surface area (Å²) in [5.41, 5.74) is 5.55. The number of fused-ring (bicyclic) bond motifs is 2. The summed E-state index contributed by atoms with van der Waals surface area (Å²) in [6, 6.07) is 17.0. The molecule has 1 unspecified atom stereocenters. The fourth-order valence-corrected chi connectivity index (χ4v) is 5.09. The molecule has 0 spiro atoms. The average molecular weight is 484 g/mol. The summed E-state index contributed by atoms with van der Waals surface area (Å²) in [6.07, 6.45) is 0.578. The highest BCUT2D eigenvalue weighted by Crippen LogP contribution is 2.39. The zero-order valence-corrected chi connectivity index (χ0v) is 21.2. The van der Waals surface area contributed by atoms with Crippen molar-refractivity contribution in [1.29, 1.82) is 0 Å². The van der Waals surface area contributed by atoms with Gasteiger partial charge in [-0.25, -0.2) is 0 Å². The average Bonchev–Trinajstić information content (AvgIpc) is 3.15. The molecule has 36 heavy (non-hydrogen) atoms. The van der Waals surface area contributed by atoms with Crippen molar-refractivity contribution in [3.05, 3.63) is 104 Å². The Hall–Kier alpha value is -4.06. The molecule has 0 aliphatic carbocycles. The second-order valence-electron chi connectivity index (χ2n) is 9.38. The minimum Gasteiger partial charge on any atom is -0.493 e. The second kappa shape index (κ2) is 9.19. The molecule has 4 aromatic rings. The molecule has 184 valence electrons. The van der Waals surface area contributed by atoms with Crippen molar-refractivity contribution in [2.24, 2.45) is 0 Å². The first-order valence-electron chi connectivity index (χ1n) is 12.0. The topological polar surface area (TPSA) is 69.0 Å².